The molecule has 206 valence electrons. The van der Waals surface area contributed by atoms with Crippen molar-refractivity contribution in [1.29, 1.82) is 0 Å². The summed E-state index contributed by atoms with van der Waals surface area (Å²) in [6.07, 6.45) is 3.71. The van der Waals surface area contributed by atoms with Gasteiger partial charge in [0.25, 0.3) is 15.9 Å². The maximum atomic E-state index is 13.2. The molecule has 11 heteroatoms. The molecule has 9 nitrogen and oxygen atoms in total. The molecule has 2 heterocycles. The zero-order valence-electron chi connectivity index (χ0n) is 22.1. The van der Waals surface area contributed by atoms with Crippen LogP contribution < -0.4 is 19.7 Å². The SMILES string of the molecule is CC(C)/C(=C\O)Nc1cccc(S(=O)(=O)NC(=O)C2(Oc3cc(Cl)ccc3N3CCC(C)(C)CC3)CC2)n1. The van der Waals surface area contributed by atoms with Crippen LogP contribution in [0.3, 0.4) is 0 Å². The molecule has 0 bridgehead atoms. The molecule has 3 N–H and O–H groups in total. The largest absolute Gasteiger partial charge is 0.514 e. The number of ether oxygens (including phenoxy) is 1. The fourth-order valence-electron chi connectivity index (χ4n) is 4.26. The van der Waals surface area contributed by atoms with Crippen LogP contribution in [-0.2, 0) is 14.8 Å². The average molecular weight is 563 g/mol. The molecular formula is C27H35ClN4O5S. The number of sulfonamides is 1. The van der Waals surface area contributed by atoms with Crippen molar-refractivity contribution in [3.63, 3.8) is 0 Å². The monoisotopic (exact) mass is 562 g/mol. The van der Waals surface area contributed by atoms with Gasteiger partial charge in [0, 0.05) is 37.0 Å². The number of hydrogen-bond donors (Lipinski definition) is 3. The van der Waals surface area contributed by atoms with Gasteiger partial charge in [-0.3, -0.25) is 4.79 Å². The molecule has 0 unspecified atom stereocenters. The molecule has 0 spiro atoms. The van der Waals surface area contributed by atoms with E-state index in [2.05, 4.69) is 33.8 Å². The molecule has 4 rings (SSSR count). The van der Waals surface area contributed by atoms with E-state index in [1.165, 1.54) is 12.1 Å². The van der Waals surface area contributed by atoms with Crippen molar-refractivity contribution in [2.45, 2.75) is 64.0 Å². The summed E-state index contributed by atoms with van der Waals surface area (Å²) in [5, 5.41) is 12.5. The van der Waals surface area contributed by atoms with Crippen LogP contribution in [0.4, 0.5) is 11.5 Å². The van der Waals surface area contributed by atoms with Gasteiger partial charge in [0.2, 0.25) is 0 Å². The van der Waals surface area contributed by atoms with Crippen LogP contribution >= 0.6 is 11.6 Å². The van der Waals surface area contributed by atoms with Crippen molar-refractivity contribution in [2.24, 2.45) is 11.3 Å². The first kappa shape index (κ1) is 28.0. The Kier molecular flexibility index (Phi) is 7.86. The standard InChI is InChI=1S/C27H35ClN4O5S/c1-18(2)20(17-33)29-23-6-5-7-24(30-23)38(35,36)31-25(34)27(10-11-27)37-22-16-19(28)8-9-21(22)32-14-12-26(3,4)13-15-32/h5-9,16-18,33H,10-15H2,1-4H3,(H,29,30)(H,31,34)/b20-17+. The van der Waals surface area contributed by atoms with Crippen molar-refractivity contribution in [2.75, 3.05) is 23.3 Å². The molecule has 1 aromatic carbocycles. The highest BCUT2D eigenvalue weighted by Gasteiger charge is 2.54. The molecule has 0 radical (unpaired) electrons. The van der Waals surface area contributed by atoms with Crippen molar-refractivity contribution < 1.29 is 23.1 Å². The Bertz CT molecular complexity index is 1330. The molecule has 38 heavy (non-hydrogen) atoms. The van der Waals surface area contributed by atoms with E-state index in [1.54, 1.807) is 18.2 Å². The topological polar surface area (TPSA) is 121 Å². The summed E-state index contributed by atoms with van der Waals surface area (Å²) in [6.45, 7) is 9.92. The highest BCUT2D eigenvalue weighted by atomic mass is 35.5. The summed E-state index contributed by atoms with van der Waals surface area (Å²) in [5.41, 5.74) is 0.268. The molecule has 1 aromatic heterocycles. The number of carbonyl (C=O) groups excluding carboxylic acids is 1. The number of hydrogen-bond acceptors (Lipinski definition) is 8. The van der Waals surface area contributed by atoms with Crippen LogP contribution in [0.2, 0.25) is 5.02 Å². The number of carbonyl (C=O) groups is 1. The number of aliphatic hydroxyl groups is 1. The molecular weight excluding hydrogens is 528 g/mol. The molecule has 0 atom stereocenters. The second-order valence-corrected chi connectivity index (χ2v) is 13.1. The van der Waals surface area contributed by atoms with Gasteiger partial charge >= 0.3 is 0 Å². The van der Waals surface area contributed by atoms with Crippen molar-refractivity contribution >= 4 is 39.0 Å². The number of aliphatic hydroxyl groups excluding tert-OH is 1. The number of piperidine rings is 1. The van der Waals surface area contributed by atoms with Crippen molar-refractivity contribution in [3.05, 3.63) is 53.4 Å². The van der Waals surface area contributed by atoms with Crippen LogP contribution in [0, 0.1) is 11.3 Å². The number of aromatic nitrogens is 1. The smallest absolute Gasteiger partial charge is 0.281 e. The normalized spacial score (nSPS) is 18.7. The highest BCUT2D eigenvalue weighted by Crippen LogP contribution is 2.45. The third-order valence-electron chi connectivity index (χ3n) is 7.06. The van der Waals surface area contributed by atoms with Gasteiger partial charge in [-0.1, -0.05) is 45.4 Å². The quantitative estimate of drug-likeness (QED) is 0.355. The minimum absolute atomic E-state index is 0.0403. The van der Waals surface area contributed by atoms with E-state index in [-0.39, 0.29) is 22.2 Å². The third kappa shape index (κ3) is 6.35. The Hall–Kier alpha value is -2.98. The third-order valence-corrected chi connectivity index (χ3v) is 8.53. The summed E-state index contributed by atoms with van der Waals surface area (Å²) in [4.78, 5) is 19.6. The lowest BCUT2D eigenvalue weighted by molar-refractivity contribution is -0.127. The average Bonchev–Trinajstić information content (AvgIpc) is 3.63. The maximum absolute atomic E-state index is 13.2. The van der Waals surface area contributed by atoms with Crippen LogP contribution in [0.1, 0.15) is 53.4 Å². The zero-order chi connectivity index (χ0) is 27.7. The predicted octanol–water partition coefficient (Wildman–Crippen LogP) is 5.25. The van der Waals surface area contributed by atoms with E-state index in [0.29, 0.717) is 29.3 Å². The first-order valence-corrected chi connectivity index (χ1v) is 14.6. The summed E-state index contributed by atoms with van der Waals surface area (Å²) in [6, 6.07) is 9.72. The van der Waals surface area contributed by atoms with Crippen LogP contribution in [0.15, 0.2) is 53.4 Å². The van der Waals surface area contributed by atoms with Gasteiger partial charge < -0.3 is 20.1 Å². The number of nitrogens with zero attached hydrogens (tertiary/aromatic N) is 2. The first-order chi connectivity index (χ1) is 17.8. The number of halogens is 1. The molecule has 2 aliphatic rings. The maximum Gasteiger partial charge on any atom is 0.281 e. The van der Waals surface area contributed by atoms with Crippen LogP contribution in [-0.4, -0.2) is 43.1 Å². The number of allylic oxidation sites excluding steroid dienone is 1. The molecule has 2 fully saturated rings. The Morgan fingerprint density at radius 3 is 2.45 bits per heavy atom. The molecule has 1 aliphatic carbocycles. The molecule has 1 saturated carbocycles. The number of benzene rings is 1. The Labute approximate surface area is 229 Å². The van der Waals surface area contributed by atoms with E-state index in [4.69, 9.17) is 16.3 Å². The van der Waals surface area contributed by atoms with E-state index in [0.717, 1.165) is 37.9 Å². The Balaban J connectivity index is 1.51. The van der Waals surface area contributed by atoms with E-state index in [1.807, 2.05) is 19.9 Å². The van der Waals surface area contributed by atoms with Gasteiger partial charge in [-0.15, -0.1) is 0 Å². The Morgan fingerprint density at radius 2 is 1.84 bits per heavy atom. The lowest BCUT2D eigenvalue weighted by atomic mass is 9.82. The zero-order valence-corrected chi connectivity index (χ0v) is 23.7. The summed E-state index contributed by atoms with van der Waals surface area (Å²) in [5.74, 6) is -0.105. The minimum atomic E-state index is -4.28. The fourth-order valence-corrected chi connectivity index (χ4v) is 5.43. The van der Waals surface area contributed by atoms with Gasteiger partial charge in [-0.05, 0) is 48.4 Å². The fraction of sp³-hybridized carbons (Fsp3) is 0.481. The number of rotatable bonds is 9. The first-order valence-electron chi connectivity index (χ1n) is 12.7. The predicted molar refractivity (Wildman–Crippen MR) is 148 cm³/mol. The summed E-state index contributed by atoms with van der Waals surface area (Å²) < 4.78 is 34.5. The molecule has 1 amide bonds. The minimum Gasteiger partial charge on any atom is -0.514 e. The number of nitrogens with one attached hydrogen (secondary N) is 2. The van der Waals surface area contributed by atoms with Crippen molar-refractivity contribution in [3.8, 4) is 5.75 Å². The summed E-state index contributed by atoms with van der Waals surface area (Å²) in [7, 11) is -4.28. The van der Waals surface area contributed by atoms with Gasteiger partial charge in [-0.2, -0.15) is 8.42 Å². The number of pyridine rings is 1. The highest BCUT2D eigenvalue weighted by molar-refractivity contribution is 7.90. The molecule has 1 saturated heterocycles. The van der Waals surface area contributed by atoms with E-state index in [9.17, 15) is 18.3 Å². The lowest BCUT2D eigenvalue weighted by Crippen LogP contribution is -2.44. The van der Waals surface area contributed by atoms with E-state index >= 15 is 0 Å². The molecule has 2 aromatic rings. The van der Waals surface area contributed by atoms with Gasteiger partial charge in [0.1, 0.15) is 11.6 Å². The number of amides is 1. The van der Waals surface area contributed by atoms with Gasteiger partial charge in [-0.25, -0.2) is 9.71 Å². The Morgan fingerprint density at radius 1 is 1.16 bits per heavy atom. The lowest BCUT2D eigenvalue weighted by Gasteiger charge is -2.39. The molecule has 1 aliphatic heterocycles. The van der Waals surface area contributed by atoms with Gasteiger partial charge in [0.15, 0.2) is 10.6 Å². The van der Waals surface area contributed by atoms with Crippen LogP contribution in [0.5, 0.6) is 5.75 Å². The van der Waals surface area contributed by atoms with Crippen molar-refractivity contribution in [1.82, 2.24) is 9.71 Å². The van der Waals surface area contributed by atoms with Gasteiger partial charge in [0.05, 0.1) is 17.6 Å². The second-order valence-electron chi connectivity index (χ2n) is 11.0. The number of anilines is 2. The van der Waals surface area contributed by atoms with Crippen LogP contribution in [0.25, 0.3) is 0 Å². The van der Waals surface area contributed by atoms with E-state index < -0.39 is 21.5 Å². The second kappa shape index (κ2) is 10.6. The summed E-state index contributed by atoms with van der Waals surface area (Å²) >= 11 is 6.27.